The van der Waals surface area contributed by atoms with Crippen molar-refractivity contribution < 1.29 is 13.2 Å². The van der Waals surface area contributed by atoms with Gasteiger partial charge in [0.25, 0.3) is 0 Å². The molecule has 3 atom stereocenters. The number of nitrogens with zero attached hydrogens (tertiary/aromatic N) is 1. The summed E-state index contributed by atoms with van der Waals surface area (Å²) < 4.78 is 34.0. The molecule has 2 saturated heterocycles. The van der Waals surface area contributed by atoms with Crippen molar-refractivity contribution in [2.24, 2.45) is 5.92 Å². The number of sulfonamides is 1. The van der Waals surface area contributed by atoms with E-state index in [-0.39, 0.29) is 18.1 Å². The van der Waals surface area contributed by atoms with Crippen molar-refractivity contribution in [1.29, 1.82) is 0 Å². The Balaban J connectivity index is 1.70. The Bertz CT molecular complexity index is 833. The van der Waals surface area contributed by atoms with Gasteiger partial charge < -0.3 is 4.74 Å². The summed E-state index contributed by atoms with van der Waals surface area (Å²) in [5.74, 6) is 0.406. The third-order valence-electron chi connectivity index (χ3n) is 5.37. The third kappa shape index (κ3) is 3.01. The molecule has 0 amide bonds. The van der Waals surface area contributed by atoms with Gasteiger partial charge in [-0.15, -0.1) is 0 Å². The lowest BCUT2D eigenvalue weighted by atomic mass is 9.84. The predicted molar refractivity (Wildman–Crippen MR) is 96.7 cm³/mol. The molecule has 0 bridgehead atoms. The second-order valence-electron chi connectivity index (χ2n) is 6.97. The van der Waals surface area contributed by atoms with Gasteiger partial charge in [-0.05, 0) is 37.5 Å². The van der Waals surface area contributed by atoms with Gasteiger partial charge >= 0.3 is 0 Å². The Kier molecular flexibility index (Phi) is 4.40. The predicted octanol–water partition coefficient (Wildman–Crippen LogP) is 3.54. The van der Waals surface area contributed by atoms with Crippen LogP contribution in [0, 0.1) is 12.8 Å². The highest BCUT2D eigenvalue weighted by Crippen LogP contribution is 2.44. The van der Waals surface area contributed by atoms with Crippen molar-refractivity contribution in [3.8, 4) is 0 Å². The number of hydrogen-bond acceptors (Lipinski definition) is 3. The Morgan fingerprint density at radius 1 is 1.04 bits per heavy atom. The Labute approximate surface area is 149 Å². The number of fused-ring (bicyclic) bond motifs is 1. The molecule has 25 heavy (non-hydrogen) atoms. The second kappa shape index (κ2) is 6.56. The maximum absolute atomic E-state index is 13.2. The van der Waals surface area contributed by atoms with E-state index in [2.05, 4.69) is 12.1 Å². The van der Waals surface area contributed by atoms with Gasteiger partial charge in [0.2, 0.25) is 10.0 Å². The van der Waals surface area contributed by atoms with Crippen LogP contribution in [0.2, 0.25) is 0 Å². The zero-order chi connectivity index (χ0) is 17.4. The summed E-state index contributed by atoms with van der Waals surface area (Å²) in [6, 6.07) is 17.3. The van der Waals surface area contributed by atoms with Crippen LogP contribution in [0.15, 0.2) is 59.5 Å². The molecule has 0 spiro atoms. The van der Waals surface area contributed by atoms with E-state index >= 15 is 0 Å². The molecule has 0 aliphatic carbocycles. The molecule has 2 aliphatic heterocycles. The van der Waals surface area contributed by atoms with Gasteiger partial charge in [-0.3, -0.25) is 0 Å². The van der Waals surface area contributed by atoms with Gasteiger partial charge in [0.05, 0.1) is 4.90 Å². The zero-order valence-corrected chi connectivity index (χ0v) is 15.2. The van der Waals surface area contributed by atoms with Crippen molar-refractivity contribution >= 4 is 10.0 Å². The number of hydrogen-bond donors (Lipinski definition) is 0. The molecule has 2 aromatic carbocycles. The first-order valence-corrected chi connectivity index (χ1v) is 10.3. The molecule has 0 aromatic heterocycles. The van der Waals surface area contributed by atoms with Gasteiger partial charge in [0.1, 0.15) is 6.23 Å². The van der Waals surface area contributed by atoms with E-state index in [0.717, 1.165) is 18.4 Å². The fraction of sp³-hybridized carbons (Fsp3) is 0.400. The van der Waals surface area contributed by atoms with Crippen LogP contribution < -0.4 is 0 Å². The molecule has 4 nitrogen and oxygen atoms in total. The number of rotatable bonds is 3. The monoisotopic (exact) mass is 357 g/mol. The molecule has 132 valence electrons. The first-order chi connectivity index (χ1) is 12.1. The van der Waals surface area contributed by atoms with Crippen LogP contribution in [0.4, 0.5) is 0 Å². The van der Waals surface area contributed by atoms with E-state index in [1.807, 2.05) is 37.3 Å². The summed E-state index contributed by atoms with van der Waals surface area (Å²) in [4.78, 5) is 0.347. The fourth-order valence-electron chi connectivity index (χ4n) is 4.05. The van der Waals surface area contributed by atoms with E-state index < -0.39 is 10.0 Å². The maximum atomic E-state index is 13.2. The maximum Gasteiger partial charge on any atom is 0.245 e. The molecule has 2 fully saturated rings. The lowest BCUT2D eigenvalue weighted by molar-refractivity contribution is -0.0582. The molecule has 2 aliphatic rings. The molecule has 2 aromatic rings. The smallest absolute Gasteiger partial charge is 0.245 e. The topological polar surface area (TPSA) is 46.6 Å². The molecule has 0 radical (unpaired) electrons. The van der Waals surface area contributed by atoms with Gasteiger partial charge in [-0.25, -0.2) is 8.42 Å². The summed E-state index contributed by atoms with van der Waals surface area (Å²) in [5, 5.41) is 0. The minimum absolute atomic E-state index is 0.187. The SMILES string of the molecule is Cc1ccc(S(=O)(=O)N2C[C@H](c3ccccc3)[C@@H]3CCCO[C@@H]32)cc1. The summed E-state index contributed by atoms with van der Waals surface area (Å²) in [7, 11) is -3.56. The number of ether oxygens (including phenoxy) is 1. The molecule has 4 rings (SSSR count). The van der Waals surface area contributed by atoms with Crippen LogP contribution in [0.1, 0.15) is 29.9 Å². The molecule has 0 unspecified atom stereocenters. The minimum atomic E-state index is -3.56. The normalized spacial score (nSPS) is 27.2. The van der Waals surface area contributed by atoms with Crippen molar-refractivity contribution in [3.63, 3.8) is 0 Å². The van der Waals surface area contributed by atoms with Gasteiger partial charge in [0.15, 0.2) is 0 Å². The molecule has 5 heteroatoms. The lowest BCUT2D eigenvalue weighted by Crippen LogP contribution is -2.41. The van der Waals surface area contributed by atoms with Crippen molar-refractivity contribution in [3.05, 3.63) is 65.7 Å². The first kappa shape index (κ1) is 16.8. The zero-order valence-electron chi connectivity index (χ0n) is 14.3. The van der Waals surface area contributed by atoms with Crippen LogP contribution >= 0.6 is 0 Å². The van der Waals surface area contributed by atoms with Crippen LogP contribution in [0.3, 0.4) is 0 Å². The third-order valence-corrected chi connectivity index (χ3v) is 7.21. The van der Waals surface area contributed by atoms with Crippen LogP contribution in [-0.4, -0.2) is 32.1 Å². The fourth-order valence-corrected chi connectivity index (χ4v) is 5.65. The van der Waals surface area contributed by atoms with E-state index in [1.54, 1.807) is 16.4 Å². The van der Waals surface area contributed by atoms with Crippen molar-refractivity contribution in [1.82, 2.24) is 4.31 Å². The highest BCUT2D eigenvalue weighted by Gasteiger charge is 2.49. The quantitative estimate of drug-likeness (QED) is 0.844. The van der Waals surface area contributed by atoms with E-state index in [1.165, 1.54) is 5.56 Å². The summed E-state index contributed by atoms with van der Waals surface area (Å²) >= 11 is 0. The van der Waals surface area contributed by atoms with E-state index in [9.17, 15) is 8.42 Å². The summed E-state index contributed by atoms with van der Waals surface area (Å²) in [6.45, 7) is 3.07. The summed E-state index contributed by atoms with van der Waals surface area (Å²) in [6.07, 6.45) is 1.64. The van der Waals surface area contributed by atoms with Gasteiger partial charge in [-0.2, -0.15) is 4.31 Å². The lowest BCUT2D eigenvalue weighted by Gasteiger charge is -2.32. The van der Waals surface area contributed by atoms with Gasteiger partial charge in [0, 0.05) is 25.0 Å². The molecular formula is C20H23NO3S. The Morgan fingerprint density at radius 3 is 2.48 bits per heavy atom. The van der Waals surface area contributed by atoms with E-state index in [4.69, 9.17) is 4.74 Å². The average Bonchev–Trinajstić information content (AvgIpc) is 3.03. The standard InChI is InChI=1S/C20H23NO3S/c1-15-9-11-17(12-10-15)25(22,23)21-14-19(16-6-3-2-4-7-16)18-8-5-13-24-20(18)21/h2-4,6-7,9-12,18-20H,5,8,13-14H2,1H3/t18-,19+,20-/m0/s1. The van der Waals surface area contributed by atoms with E-state index in [0.29, 0.717) is 18.0 Å². The molecular weight excluding hydrogens is 334 g/mol. The largest absolute Gasteiger partial charge is 0.362 e. The van der Waals surface area contributed by atoms with Crippen LogP contribution in [0.5, 0.6) is 0 Å². The molecule has 0 N–H and O–H groups in total. The Hall–Kier alpha value is -1.69. The highest BCUT2D eigenvalue weighted by molar-refractivity contribution is 7.89. The molecule has 0 saturated carbocycles. The van der Waals surface area contributed by atoms with Crippen LogP contribution in [0.25, 0.3) is 0 Å². The number of benzene rings is 2. The number of aryl methyl sites for hydroxylation is 1. The minimum Gasteiger partial charge on any atom is -0.362 e. The first-order valence-electron chi connectivity index (χ1n) is 8.82. The van der Waals surface area contributed by atoms with Gasteiger partial charge in [-0.1, -0.05) is 48.0 Å². The van der Waals surface area contributed by atoms with Crippen molar-refractivity contribution in [2.45, 2.75) is 36.8 Å². The summed E-state index contributed by atoms with van der Waals surface area (Å²) in [5.41, 5.74) is 2.25. The average molecular weight is 357 g/mol. The van der Waals surface area contributed by atoms with Crippen molar-refractivity contribution in [2.75, 3.05) is 13.2 Å². The highest BCUT2D eigenvalue weighted by atomic mass is 32.2. The Morgan fingerprint density at radius 2 is 1.76 bits per heavy atom. The second-order valence-corrected chi connectivity index (χ2v) is 8.86. The molecule has 2 heterocycles. The van der Waals surface area contributed by atoms with Crippen LogP contribution in [-0.2, 0) is 14.8 Å².